The smallest absolute Gasteiger partial charge is 0.154 e. The largest absolute Gasteiger partial charge is 0.245 e. The summed E-state index contributed by atoms with van der Waals surface area (Å²) in [6, 6.07) is 14.4. The molecule has 4 nitrogen and oxygen atoms in total. The van der Waals surface area contributed by atoms with E-state index in [0.717, 1.165) is 44.4 Å². The predicted molar refractivity (Wildman–Crippen MR) is 94.1 cm³/mol. The van der Waals surface area contributed by atoms with Crippen LogP contribution in [0.2, 0.25) is 0 Å². The zero-order valence-electron chi connectivity index (χ0n) is 13.0. The van der Waals surface area contributed by atoms with Crippen LogP contribution >= 0.6 is 11.3 Å². The van der Waals surface area contributed by atoms with E-state index in [2.05, 4.69) is 35.1 Å². The topological polar surface area (TPSA) is 43.6 Å². The van der Waals surface area contributed by atoms with E-state index >= 15 is 0 Å². The van der Waals surface area contributed by atoms with Gasteiger partial charge >= 0.3 is 0 Å². The van der Waals surface area contributed by atoms with E-state index < -0.39 is 0 Å². The monoisotopic (exact) mass is 320 g/mol. The minimum atomic E-state index is 0.852. The molecule has 5 heteroatoms. The molecule has 0 radical (unpaired) electrons. The summed E-state index contributed by atoms with van der Waals surface area (Å²) >= 11 is 1.69. The van der Waals surface area contributed by atoms with E-state index in [1.165, 1.54) is 0 Å². The first kappa shape index (κ1) is 14.1. The van der Waals surface area contributed by atoms with E-state index in [1.54, 1.807) is 11.3 Å². The molecular formula is C18H16N4S. The minimum Gasteiger partial charge on any atom is -0.245 e. The first-order chi connectivity index (χ1) is 11.2. The van der Waals surface area contributed by atoms with Crippen molar-refractivity contribution in [1.82, 2.24) is 19.7 Å². The van der Waals surface area contributed by atoms with Crippen LogP contribution in [0.4, 0.5) is 0 Å². The molecule has 0 aliphatic heterocycles. The molecule has 0 N–H and O–H groups in total. The molecule has 0 saturated heterocycles. The van der Waals surface area contributed by atoms with Crippen molar-refractivity contribution in [3.05, 3.63) is 60.0 Å². The van der Waals surface area contributed by atoms with Crippen LogP contribution in [0.15, 0.2) is 48.7 Å². The number of hydrogen-bond donors (Lipinski definition) is 0. The summed E-state index contributed by atoms with van der Waals surface area (Å²) in [7, 11) is 0. The van der Waals surface area contributed by atoms with Gasteiger partial charge in [0.2, 0.25) is 0 Å². The van der Waals surface area contributed by atoms with Gasteiger partial charge in [-0.3, -0.25) is 0 Å². The first-order valence-electron chi connectivity index (χ1n) is 7.62. The van der Waals surface area contributed by atoms with E-state index in [1.807, 2.05) is 42.1 Å². The number of nitrogens with zero attached hydrogens (tertiary/aromatic N) is 4. The molecule has 4 aromatic heterocycles. The SMILES string of the molecule is CCc1cc(-c2cc3cccnc3s2)n(-c2cccc(C)n2)n1. The average Bonchev–Trinajstić information content (AvgIpc) is 3.18. The van der Waals surface area contributed by atoms with Gasteiger partial charge in [0.25, 0.3) is 0 Å². The van der Waals surface area contributed by atoms with Crippen molar-refractivity contribution < 1.29 is 0 Å². The second kappa shape index (κ2) is 5.59. The average molecular weight is 320 g/mol. The van der Waals surface area contributed by atoms with Crippen molar-refractivity contribution in [2.45, 2.75) is 20.3 Å². The van der Waals surface area contributed by atoms with Crippen LogP contribution in [0, 0.1) is 6.92 Å². The Hall–Kier alpha value is -2.53. The zero-order chi connectivity index (χ0) is 15.8. The van der Waals surface area contributed by atoms with Crippen LogP contribution in [0.3, 0.4) is 0 Å². The number of aryl methyl sites for hydroxylation is 2. The highest BCUT2D eigenvalue weighted by atomic mass is 32.1. The molecule has 0 unspecified atom stereocenters. The van der Waals surface area contributed by atoms with Crippen LogP contribution < -0.4 is 0 Å². The first-order valence-corrected chi connectivity index (χ1v) is 8.44. The molecule has 0 aliphatic carbocycles. The van der Waals surface area contributed by atoms with Crippen LogP contribution in [-0.4, -0.2) is 19.7 Å². The fourth-order valence-electron chi connectivity index (χ4n) is 2.60. The van der Waals surface area contributed by atoms with Crippen LogP contribution in [-0.2, 0) is 6.42 Å². The van der Waals surface area contributed by atoms with E-state index in [-0.39, 0.29) is 0 Å². The summed E-state index contributed by atoms with van der Waals surface area (Å²) in [4.78, 5) is 11.3. The number of pyridine rings is 2. The summed E-state index contributed by atoms with van der Waals surface area (Å²) in [5.41, 5.74) is 3.12. The zero-order valence-corrected chi connectivity index (χ0v) is 13.8. The molecule has 0 atom stereocenters. The maximum atomic E-state index is 4.73. The molecule has 0 bridgehead atoms. The minimum absolute atomic E-state index is 0.852. The Labute approximate surface area is 138 Å². The third kappa shape index (κ3) is 2.53. The normalized spacial score (nSPS) is 11.2. The Bertz CT molecular complexity index is 951. The van der Waals surface area contributed by atoms with Crippen molar-refractivity contribution in [3.8, 4) is 16.4 Å². The van der Waals surface area contributed by atoms with Gasteiger partial charge in [0.1, 0.15) is 4.83 Å². The van der Waals surface area contributed by atoms with Gasteiger partial charge in [0, 0.05) is 17.3 Å². The molecule has 0 fully saturated rings. The van der Waals surface area contributed by atoms with Gasteiger partial charge in [0.05, 0.1) is 16.3 Å². The standard InChI is InChI=1S/C18H16N4S/c1-3-14-11-15(16-10-13-7-5-9-19-18(13)23-16)22(21-14)17-8-4-6-12(2)20-17/h4-11H,3H2,1-2H3. The summed E-state index contributed by atoms with van der Waals surface area (Å²) in [5.74, 6) is 0.852. The Morgan fingerprint density at radius 1 is 1.13 bits per heavy atom. The highest BCUT2D eigenvalue weighted by molar-refractivity contribution is 7.21. The van der Waals surface area contributed by atoms with Crippen molar-refractivity contribution in [2.24, 2.45) is 0 Å². The summed E-state index contributed by atoms with van der Waals surface area (Å²) in [6.07, 6.45) is 2.73. The molecule has 0 aromatic carbocycles. The number of rotatable bonds is 3. The van der Waals surface area contributed by atoms with Crippen LogP contribution in [0.5, 0.6) is 0 Å². The number of thiophene rings is 1. The Kier molecular flexibility index (Phi) is 3.42. The lowest BCUT2D eigenvalue weighted by Crippen LogP contribution is -2.02. The molecule has 23 heavy (non-hydrogen) atoms. The molecule has 0 aliphatic rings. The Morgan fingerprint density at radius 2 is 2.04 bits per heavy atom. The molecule has 114 valence electrons. The van der Waals surface area contributed by atoms with Crippen molar-refractivity contribution in [1.29, 1.82) is 0 Å². The molecule has 4 rings (SSSR count). The van der Waals surface area contributed by atoms with E-state index in [0.29, 0.717) is 0 Å². The second-order valence-corrected chi connectivity index (χ2v) is 6.46. The number of aromatic nitrogens is 4. The second-order valence-electron chi connectivity index (χ2n) is 5.43. The highest BCUT2D eigenvalue weighted by Gasteiger charge is 2.14. The summed E-state index contributed by atoms with van der Waals surface area (Å²) in [5, 5.41) is 5.89. The Balaban J connectivity index is 1.92. The fraction of sp³-hybridized carbons (Fsp3) is 0.167. The number of fused-ring (bicyclic) bond motifs is 1. The van der Waals surface area contributed by atoms with Gasteiger partial charge in [-0.2, -0.15) is 5.10 Å². The van der Waals surface area contributed by atoms with Crippen molar-refractivity contribution in [2.75, 3.05) is 0 Å². The lowest BCUT2D eigenvalue weighted by atomic mass is 10.2. The van der Waals surface area contributed by atoms with Gasteiger partial charge in [-0.05, 0) is 43.7 Å². The van der Waals surface area contributed by atoms with Crippen LogP contribution in [0.1, 0.15) is 18.3 Å². The molecular weight excluding hydrogens is 304 g/mol. The van der Waals surface area contributed by atoms with Gasteiger partial charge in [-0.15, -0.1) is 11.3 Å². The lowest BCUT2D eigenvalue weighted by molar-refractivity contribution is 0.818. The van der Waals surface area contributed by atoms with E-state index in [4.69, 9.17) is 5.10 Å². The van der Waals surface area contributed by atoms with Crippen molar-refractivity contribution >= 4 is 21.6 Å². The summed E-state index contributed by atoms with van der Waals surface area (Å²) < 4.78 is 1.94. The molecule has 4 heterocycles. The maximum Gasteiger partial charge on any atom is 0.154 e. The van der Waals surface area contributed by atoms with Crippen LogP contribution in [0.25, 0.3) is 26.6 Å². The van der Waals surface area contributed by atoms with Gasteiger partial charge in [-0.1, -0.05) is 19.1 Å². The summed E-state index contributed by atoms with van der Waals surface area (Å²) in [6.45, 7) is 4.11. The Morgan fingerprint density at radius 3 is 2.83 bits per heavy atom. The molecule has 0 spiro atoms. The fourth-order valence-corrected chi connectivity index (χ4v) is 3.60. The molecule has 0 amide bonds. The highest BCUT2D eigenvalue weighted by Crippen LogP contribution is 2.33. The third-order valence-corrected chi connectivity index (χ3v) is 4.84. The van der Waals surface area contributed by atoms with Crippen molar-refractivity contribution in [3.63, 3.8) is 0 Å². The predicted octanol–water partition coefficient (Wildman–Crippen LogP) is 4.41. The van der Waals surface area contributed by atoms with E-state index in [9.17, 15) is 0 Å². The quantitative estimate of drug-likeness (QED) is 0.561. The van der Waals surface area contributed by atoms with Gasteiger partial charge < -0.3 is 0 Å². The van der Waals surface area contributed by atoms with Gasteiger partial charge in [-0.25, -0.2) is 14.6 Å². The number of hydrogen-bond acceptors (Lipinski definition) is 4. The maximum absolute atomic E-state index is 4.73. The third-order valence-electron chi connectivity index (χ3n) is 3.76. The molecule has 0 saturated carbocycles. The van der Waals surface area contributed by atoms with Gasteiger partial charge in [0.15, 0.2) is 5.82 Å². The lowest BCUT2D eigenvalue weighted by Gasteiger charge is -2.05. The molecule has 4 aromatic rings.